The van der Waals surface area contributed by atoms with Crippen LogP contribution in [0.1, 0.15) is 42.4 Å². The van der Waals surface area contributed by atoms with Crippen molar-refractivity contribution in [1.82, 2.24) is 10.3 Å². The first-order valence-electron chi connectivity index (χ1n) is 9.90. The number of amides is 1. The van der Waals surface area contributed by atoms with Crippen molar-refractivity contribution in [2.24, 2.45) is 0 Å². The first-order chi connectivity index (χ1) is 13.7. The van der Waals surface area contributed by atoms with E-state index in [0.29, 0.717) is 18.4 Å². The van der Waals surface area contributed by atoms with Crippen LogP contribution in [0.3, 0.4) is 0 Å². The number of carbonyl (C=O) groups is 1. The zero-order chi connectivity index (χ0) is 21.2. The number of benzene rings is 1. The molecule has 3 rings (SSSR count). The summed E-state index contributed by atoms with van der Waals surface area (Å²) >= 11 is 0. The van der Waals surface area contributed by atoms with Crippen molar-refractivity contribution in [1.29, 1.82) is 0 Å². The third-order valence-electron chi connectivity index (χ3n) is 5.69. The topological polar surface area (TPSA) is 79.4 Å². The summed E-state index contributed by atoms with van der Waals surface area (Å²) in [5.74, 6) is 0.384. The van der Waals surface area contributed by atoms with Gasteiger partial charge in [-0.25, -0.2) is 13.4 Å². The first-order valence-corrected chi connectivity index (χ1v) is 11.4. The standard InChI is InChI=1S/C22H29N3O3S/c1-16-7-8-17(2)19(13-16)29(27,28)22(10-5-6-11-22)21(26)24-15-18-9-12-23-20(14-18)25(3)4/h7-9,12-14H,5-6,10-11,15H2,1-4H3,(H,24,26). The van der Waals surface area contributed by atoms with E-state index in [4.69, 9.17) is 0 Å². The van der Waals surface area contributed by atoms with Crippen LogP contribution in [0.25, 0.3) is 0 Å². The number of nitrogens with zero attached hydrogens (tertiary/aromatic N) is 2. The Bertz CT molecular complexity index is 1010. The molecule has 1 aromatic heterocycles. The van der Waals surface area contributed by atoms with Crippen molar-refractivity contribution in [3.63, 3.8) is 0 Å². The lowest BCUT2D eigenvalue weighted by molar-refractivity contribution is -0.123. The second kappa shape index (κ2) is 8.14. The van der Waals surface area contributed by atoms with E-state index in [1.807, 2.05) is 50.2 Å². The van der Waals surface area contributed by atoms with Crippen LogP contribution in [0.4, 0.5) is 5.82 Å². The van der Waals surface area contributed by atoms with Gasteiger partial charge in [-0.3, -0.25) is 4.79 Å². The highest BCUT2D eigenvalue weighted by Gasteiger charge is 2.53. The Kier molecular flexibility index (Phi) is 5.98. The summed E-state index contributed by atoms with van der Waals surface area (Å²) < 4.78 is 25.9. The molecule has 0 bridgehead atoms. The van der Waals surface area contributed by atoms with Crippen LogP contribution in [0.2, 0.25) is 0 Å². The Hall–Kier alpha value is -2.41. The van der Waals surface area contributed by atoms with Gasteiger partial charge in [-0.05, 0) is 61.6 Å². The fourth-order valence-corrected chi connectivity index (χ4v) is 6.33. The minimum absolute atomic E-state index is 0.270. The molecule has 1 aliphatic rings. The molecule has 7 heteroatoms. The largest absolute Gasteiger partial charge is 0.363 e. The number of rotatable bonds is 6. The molecule has 6 nitrogen and oxygen atoms in total. The molecule has 0 unspecified atom stereocenters. The number of nitrogens with one attached hydrogen (secondary N) is 1. The molecule has 1 saturated carbocycles. The van der Waals surface area contributed by atoms with Crippen molar-refractivity contribution >= 4 is 21.6 Å². The minimum Gasteiger partial charge on any atom is -0.363 e. The molecule has 0 atom stereocenters. The summed E-state index contributed by atoms with van der Waals surface area (Å²) in [6.45, 7) is 3.92. The van der Waals surface area contributed by atoms with Crippen molar-refractivity contribution in [2.45, 2.75) is 55.7 Å². The van der Waals surface area contributed by atoms with Crippen LogP contribution in [-0.2, 0) is 21.2 Å². The van der Waals surface area contributed by atoms with Crippen LogP contribution in [0.15, 0.2) is 41.4 Å². The number of pyridine rings is 1. The Labute approximate surface area is 173 Å². The Balaban J connectivity index is 1.89. The summed E-state index contributed by atoms with van der Waals surface area (Å²) in [5, 5.41) is 2.89. The average molecular weight is 416 g/mol. The Morgan fingerprint density at radius 2 is 1.83 bits per heavy atom. The number of hydrogen-bond donors (Lipinski definition) is 1. The number of carbonyl (C=O) groups excluding carboxylic acids is 1. The zero-order valence-electron chi connectivity index (χ0n) is 17.5. The van der Waals surface area contributed by atoms with Crippen molar-refractivity contribution in [2.75, 3.05) is 19.0 Å². The Morgan fingerprint density at radius 1 is 1.14 bits per heavy atom. The molecule has 1 aromatic carbocycles. The quantitative estimate of drug-likeness (QED) is 0.784. The van der Waals surface area contributed by atoms with E-state index in [9.17, 15) is 13.2 Å². The predicted octanol–water partition coefficient (Wildman–Crippen LogP) is 3.17. The highest BCUT2D eigenvalue weighted by atomic mass is 32.2. The van der Waals surface area contributed by atoms with Gasteiger partial charge in [0, 0.05) is 26.8 Å². The third-order valence-corrected chi connectivity index (χ3v) is 8.34. The van der Waals surface area contributed by atoms with E-state index in [1.54, 1.807) is 19.2 Å². The van der Waals surface area contributed by atoms with Crippen LogP contribution in [-0.4, -0.2) is 38.2 Å². The summed E-state index contributed by atoms with van der Waals surface area (Å²) in [4.78, 5) is 19.7. The second-order valence-corrected chi connectivity index (χ2v) is 10.3. The maximum atomic E-state index is 13.6. The molecule has 0 aliphatic heterocycles. The van der Waals surface area contributed by atoms with Gasteiger partial charge in [0.2, 0.25) is 5.91 Å². The van der Waals surface area contributed by atoms with Crippen LogP contribution < -0.4 is 10.2 Å². The molecule has 29 heavy (non-hydrogen) atoms. The van der Waals surface area contributed by atoms with Crippen LogP contribution in [0.5, 0.6) is 0 Å². The van der Waals surface area contributed by atoms with Gasteiger partial charge in [-0.15, -0.1) is 0 Å². The molecule has 156 valence electrons. The summed E-state index contributed by atoms with van der Waals surface area (Å²) in [5.41, 5.74) is 2.43. The minimum atomic E-state index is -3.81. The molecular formula is C22H29N3O3S. The van der Waals surface area contributed by atoms with Gasteiger partial charge in [-0.1, -0.05) is 25.0 Å². The summed E-state index contributed by atoms with van der Waals surface area (Å²) in [7, 11) is -0.0158. The summed E-state index contributed by atoms with van der Waals surface area (Å²) in [6.07, 6.45) is 3.87. The number of aromatic nitrogens is 1. The summed E-state index contributed by atoms with van der Waals surface area (Å²) in [6, 6.07) is 9.10. The fraction of sp³-hybridized carbons (Fsp3) is 0.455. The van der Waals surface area contributed by atoms with Crippen molar-refractivity contribution in [3.05, 3.63) is 53.2 Å². The molecule has 2 aromatic rings. The van der Waals surface area contributed by atoms with Crippen LogP contribution in [0, 0.1) is 13.8 Å². The lowest BCUT2D eigenvalue weighted by Gasteiger charge is -2.28. The van der Waals surface area contributed by atoms with E-state index in [-0.39, 0.29) is 11.4 Å². The fourth-order valence-electron chi connectivity index (χ4n) is 3.93. The molecule has 1 heterocycles. The normalized spacial score (nSPS) is 15.9. The number of aryl methyl sites for hydroxylation is 2. The molecule has 1 fully saturated rings. The Morgan fingerprint density at radius 3 is 2.48 bits per heavy atom. The average Bonchev–Trinajstić information content (AvgIpc) is 3.20. The van der Waals surface area contributed by atoms with Crippen molar-refractivity contribution < 1.29 is 13.2 Å². The van der Waals surface area contributed by atoms with Gasteiger partial charge in [-0.2, -0.15) is 0 Å². The number of sulfone groups is 1. The molecule has 0 radical (unpaired) electrons. The number of hydrogen-bond acceptors (Lipinski definition) is 5. The molecule has 1 N–H and O–H groups in total. The van der Waals surface area contributed by atoms with E-state index in [2.05, 4.69) is 10.3 Å². The third kappa shape index (κ3) is 4.01. The molecule has 0 saturated heterocycles. The van der Waals surface area contributed by atoms with Gasteiger partial charge in [0.1, 0.15) is 5.82 Å². The first kappa shape index (κ1) is 21.3. The van der Waals surface area contributed by atoms with E-state index < -0.39 is 20.5 Å². The van der Waals surface area contributed by atoms with E-state index in [0.717, 1.165) is 29.8 Å². The molecule has 0 spiro atoms. The molecule has 1 amide bonds. The lowest BCUT2D eigenvalue weighted by atomic mass is 10.1. The van der Waals surface area contributed by atoms with E-state index >= 15 is 0 Å². The highest BCUT2D eigenvalue weighted by Crippen LogP contribution is 2.41. The maximum Gasteiger partial charge on any atom is 0.242 e. The van der Waals surface area contributed by atoms with Gasteiger partial charge in [0.15, 0.2) is 14.6 Å². The predicted molar refractivity (Wildman–Crippen MR) is 115 cm³/mol. The molecular weight excluding hydrogens is 386 g/mol. The number of anilines is 1. The second-order valence-electron chi connectivity index (χ2n) is 8.07. The van der Waals surface area contributed by atoms with Gasteiger partial charge in [0.05, 0.1) is 4.90 Å². The monoisotopic (exact) mass is 415 g/mol. The van der Waals surface area contributed by atoms with Crippen LogP contribution >= 0.6 is 0 Å². The van der Waals surface area contributed by atoms with E-state index in [1.165, 1.54) is 0 Å². The SMILES string of the molecule is Cc1ccc(C)c(S(=O)(=O)C2(C(=O)NCc3ccnc(N(C)C)c3)CCCC2)c1. The lowest BCUT2D eigenvalue weighted by Crippen LogP contribution is -2.50. The zero-order valence-corrected chi connectivity index (χ0v) is 18.3. The smallest absolute Gasteiger partial charge is 0.242 e. The maximum absolute atomic E-state index is 13.6. The van der Waals surface area contributed by atoms with Gasteiger partial charge in [0.25, 0.3) is 0 Å². The van der Waals surface area contributed by atoms with Gasteiger partial charge < -0.3 is 10.2 Å². The van der Waals surface area contributed by atoms with Gasteiger partial charge >= 0.3 is 0 Å². The highest BCUT2D eigenvalue weighted by molar-refractivity contribution is 7.93. The van der Waals surface area contributed by atoms with Crippen molar-refractivity contribution in [3.8, 4) is 0 Å². The molecule has 1 aliphatic carbocycles.